The fraction of sp³-hybridized carbons (Fsp3) is 0.267. The normalized spacial score (nSPS) is 18.4. The molecule has 1 aromatic carbocycles. The van der Waals surface area contributed by atoms with Crippen LogP contribution in [0, 0.1) is 0 Å². The Kier molecular flexibility index (Phi) is 3.08. The van der Waals surface area contributed by atoms with E-state index >= 15 is 0 Å². The number of aromatic amines is 1. The third kappa shape index (κ3) is 2.13. The van der Waals surface area contributed by atoms with Gasteiger partial charge in [-0.15, -0.1) is 0 Å². The van der Waals surface area contributed by atoms with E-state index in [1.54, 1.807) is 0 Å². The molecule has 0 spiro atoms. The molecule has 1 atom stereocenters. The fourth-order valence-electron chi connectivity index (χ4n) is 2.79. The predicted molar refractivity (Wildman–Crippen MR) is 83.6 cm³/mol. The quantitative estimate of drug-likeness (QED) is 0.710. The van der Waals surface area contributed by atoms with E-state index in [9.17, 15) is 14.7 Å². The minimum atomic E-state index is -0.680. The van der Waals surface area contributed by atoms with Crippen LogP contribution in [0.5, 0.6) is 17.4 Å². The molecule has 1 aromatic heterocycles. The zero-order chi connectivity index (χ0) is 16.8. The van der Waals surface area contributed by atoms with Crippen molar-refractivity contribution >= 4 is 5.71 Å². The van der Waals surface area contributed by atoms with Gasteiger partial charge in [-0.25, -0.2) is 4.79 Å². The molecule has 3 heterocycles. The number of H-pyrrole nitrogens is 1. The zero-order valence-electron chi connectivity index (χ0n) is 12.7. The molecule has 0 saturated heterocycles. The summed E-state index contributed by atoms with van der Waals surface area (Å²) < 4.78 is 11.6. The lowest BCUT2D eigenvalue weighted by molar-refractivity contribution is 0.174. The monoisotopic (exact) mass is 330 g/mol. The number of hydrazone groups is 1. The molecule has 2 aliphatic heterocycles. The van der Waals surface area contributed by atoms with E-state index in [2.05, 4.69) is 15.5 Å². The van der Waals surface area contributed by atoms with Crippen LogP contribution in [0.25, 0.3) is 0 Å². The Morgan fingerprint density at radius 1 is 1.29 bits per heavy atom. The number of ether oxygens (including phenoxy) is 2. The largest absolute Gasteiger partial charge is 0.494 e. The van der Waals surface area contributed by atoms with Gasteiger partial charge in [0.2, 0.25) is 12.7 Å². The highest BCUT2D eigenvalue weighted by Gasteiger charge is 2.27. The Hall–Kier alpha value is -3.23. The van der Waals surface area contributed by atoms with Crippen LogP contribution < -0.4 is 26.1 Å². The second-order valence-electron chi connectivity index (χ2n) is 5.57. The molecule has 124 valence electrons. The van der Waals surface area contributed by atoms with Crippen molar-refractivity contribution in [2.45, 2.75) is 12.5 Å². The second-order valence-corrected chi connectivity index (χ2v) is 5.57. The fourth-order valence-corrected chi connectivity index (χ4v) is 2.79. The van der Waals surface area contributed by atoms with Gasteiger partial charge in [-0.1, -0.05) is 6.07 Å². The molecule has 2 aromatic rings. The Morgan fingerprint density at radius 2 is 2.08 bits per heavy atom. The van der Waals surface area contributed by atoms with E-state index in [1.807, 2.05) is 18.2 Å². The average Bonchev–Trinajstić information content (AvgIpc) is 3.21. The van der Waals surface area contributed by atoms with E-state index in [1.165, 1.54) is 7.05 Å². The summed E-state index contributed by atoms with van der Waals surface area (Å²) in [6, 6.07) is 5.37. The lowest BCUT2D eigenvalue weighted by Crippen LogP contribution is -2.32. The summed E-state index contributed by atoms with van der Waals surface area (Å²) in [6.45, 7) is 0.194. The Labute approximate surface area is 135 Å². The summed E-state index contributed by atoms with van der Waals surface area (Å²) in [5.74, 6) is 0.936. The molecule has 1 unspecified atom stereocenters. The highest BCUT2D eigenvalue weighted by molar-refractivity contribution is 6.03. The molecule has 0 fully saturated rings. The number of nitrogens with zero attached hydrogens (tertiary/aromatic N) is 2. The van der Waals surface area contributed by atoms with Gasteiger partial charge in [0.25, 0.3) is 5.56 Å². The highest BCUT2D eigenvalue weighted by atomic mass is 16.7. The Bertz CT molecular complexity index is 975. The summed E-state index contributed by atoms with van der Waals surface area (Å²) >= 11 is 0. The molecule has 4 rings (SSSR count). The number of hydrogen-bond acceptors (Lipinski definition) is 7. The number of nitrogens with one attached hydrogen (secondary N) is 2. The van der Waals surface area contributed by atoms with Crippen LogP contribution in [-0.2, 0) is 7.05 Å². The van der Waals surface area contributed by atoms with Crippen LogP contribution >= 0.6 is 0 Å². The van der Waals surface area contributed by atoms with E-state index in [0.717, 1.165) is 10.1 Å². The minimum Gasteiger partial charge on any atom is -0.494 e. The number of rotatable bonds is 2. The SMILES string of the molecule is Cn1c(O)c(C2=NNC(c3ccc4c(c3)OCO4)C2)c(=O)[nH]c1=O. The number of aromatic hydroxyl groups is 1. The van der Waals surface area contributed by atoms with Gasteiger partial charge in [-0.05, 0) is 17.7 Å². The molecule has 0 amide bonds. The Morgan fingerprint density at radius 3 is 2.92 bits per heavy atom. The van der Waals surface area contributed by atoms with Gasteiger partial charge in [-0.2, -0.15) is 5.10 Å². The summed E-state index contributed by atoms with van der Waals surface area (Å²) in [6.07, 6.45) is 0.383. The van der Waals surface area contributed by atoms with Crippen molar-refractivity contribution in [1.82, 2.24) is 15.0 Å². The van der Waals surface area contributed by atoms with E-state index in [-0.39, 0.29) is 18.4 Å². The molecular formula is C15H14N4O5. The highest BCUT2D eigenvalue weighted by Crippen LogP contribution is 2.36. The first-order chi connectivity index (χ1) is 11.5. The summed E-state index contributed by atoms with van der Waals surface area (Å²) in [7, 11) is 1.37. The lowest BCUT2D eigenvalue weighted by Gasteiger charge is -2.11. The van der Waals surface area contributed by atoms with Gasteiger partial charge in [-0.3, -0.25) is 14.3 Å². The van der Waals surface area contributed by atoms with Crippen molar-refractivity contribution in [3.8, 4) is 17.4 Å². The molecule has 0 aliphatic carbocycles. The van der Waals surface area contributed by atoms with Gasteiger partial charge in [0.05, 0.1) is 11.8 Å². The predicted octanol–water partition coefficient (Wildman–Crippen LogP) is -0.0534. The summed E-state index contributed by atoms with van der Waals surface area (Å²) in [4.78, 5) is 25.7. The van der Waals surface area contributed by atoms with Crippen LogP contribution in [0.4, 0.5) is 0 Å². The van der Waals surface area contributed by atoms with Gasteiger partial charge >= 0.3 is 5.69 Å². The van der Waals surface area contributed by atoms with Crippen LogP contribution in [0.15, 0.2) is 32.9 Å². The minimum absolute atomic E-state index is 0.00663. The zero-order valence-corrected chi connectivity index (χ0v) is 12.7. The third-order valence-electron chi connectivity index (χ3n) is 4.13. The molecule has 2 aliphatic rings. The van der Waals surface area contributed by atoms with E-state index in [4.69, 9.17) is 9.47 Å². The van der Waals surface area contributed by atoms with Gasteiger partial charge in [0.1, 0.15) is 5.56 Å². The van der Waals surface area contributed by atoms with Crippen LogP contribution in [0.2, 0.25) is 0 Å². The second kappa shape index (κ2) is 5.15. The average molecular weight is 330 g/mol. The number of aromatic nitrogens is 2. The van der Waals surface area contributed by atoms with Crippen LogP contribution in [0.1, 0.15) is 23.6 Å². The molecule has 9 heteroatoms. The summed E-state index contributed by atoms with van der Waals surface area (Å²) in [5, 5.41) is 14.3. The first-order valence-electron chi connectivity index (χ1n) is 7.29. The van der Waals surface area contributed by atoms with Crippen molar-refractivity contribution in [2.75, 3.05) is 6.79 Å². The van der Waals surface area contributed by atoms with Gasteiger partial charge in [0, 0.05) is 13.5 Å². The van der Waals surface area contributed by atoms with Crippen molar-refractivity contribution in [3.63, 3.8) is 0 Å². The van der Waals surface area contributed by atoms with Crippen molar-refractivity contribution in [1.29, 1.82) is 0 Å². The van der Waals surface area contributed by atoms with Crippen molar-refractivity contribution in [3.05, 3.63) is 50.2 Å². The number of fused-ring (bicyclic) bond motifs is 1. The molecular weight excluding hydrogens is 316 g/mol. The van der Waals surface area contributed by atoms with Gasteiger partial charge < -0.3 is 20.0 Å². The molecule has 0 bridgehead atoms. The maximum atomic E-state index is 12.0. The first-order valence-corrected chi connectivity index (χ1v) is 7.29. The number of benzene rings is 1. The van der Waals surface area contributed by atoms with E-state index < -0.39 is 17.1 Å². The standard InChI is InChI=1S/C15H14N4O5/c1-19-14(21)12(13(20)16-15(19)22)9-5-8(17-18-9)7-2-3-10-11(4-7)24-6-23-10/h2-4,8,17,21H,5-6H2,1H3,(H,16,20,22). The molecule has 3 N–H and O–H groups in total. The van der Waals surface area contributed by atoms with Crippen molar-refractivity contribution < 1.29 is 14.6 Å². The van der Waals surface area contributed by atoms with E-state index in [0.29, 0.717) is 23.6 Å². The summed E-state index contributed by atoms with van der Waals surface area (Å²) in [5.41, 5.74) is 2.89. The molecule has 0 radical (unpaired) electrons. The number of hydrogen-bond donors (Lipinski definition) is 3. The van der Waals surface area contributed by atoms with Gasteiger partial charge in [0.15, 0.2) is 11.5 Å². The topological polar surface area (TPSA) is 118 Å². The lowest BCUT2D eigenvalue weighted by atomic mass is 9.99. The Balaban J connectivity index is 1.65. The molecule has 9 nitrogen and oxygen atoms in total. The van der Waals surface area contributed by atoms with Crippen LogP contribution in [-0.4, -0.2) is 27.2 Å². The van der Waals surface area contributed by atoms with Crippen molar-refractivity contribution in [2.24, 2.45) is 12.1 Å². The maximum absolute atomic E-state index is 12.0. The molecule has 0 saturated carbocycles. The molecule has 24 heavy (non-hydrogen) atoms. The first kappa shape index (κ1) is 14.4. The van der Waals surface area contributed by atoms with Crippen LogP contribution in [0.3, 0.4) is 0 Å². The third-order valence-corrected chi connectivity index (χ3v) is 4.13. The maximum Gasteiger partial charge on any atom is 0.330 e. The smallest absolute Gasteiger partial charge is 0.330 e.